The molecule has 0 saturated carbocycles. The third-order valence-electron chi connectivity index (χ3n) is 3.40. The van der Waals surface area contributed by atoms with Gasteiger partial charge >= 0.3 is 11.9 Å². The highest BCUT2D eigenvalue weighted by atomic mass is 16.5. The fourth-order valence-electron chi connectivity index (χ4n) is 2.20. The van der Waals surface area contributed by atoms with E-state index in [9.17, 15) is 9.59 Å². The highest BCUT2D eigenvalue weighted by molar-refractivity contribution is 5.78. The van der Waals surface area contributed by atoms with Gasteiger partial charge in [0.15, 0.2) is 0 Å². The molecule has 0 aromatic heterocycles. The normalized spacial score (nSPS) is 21.2. The molecule has 0 bridgehead atoms. The Labute approximate surface area is 118 Å². The predicted octanol–water partition coefficient (Wildman–Crippen LogP) is 2.49. The van der Waals surface area contributed by atoms with Crippen LogP contribution in [0.3, 0.4) is 0 Å². The van der Waals surface area contributed by atoms with Gasteiger partial charge in [-0.3, -0.25) is 9.59 Å². The molecule has 0 radical (unpaired) electrons. The summed E-state index contributed by atoms with van der Waals surface area (Å²) in [5, 5.41) is 0. The van der Waals surface area contributed by atoms with Crippen LogP contribution < -0.4 is 0 Å². The minimum Gasteiger partial charge on any atom is -0.469 e. The van der Waals surface area contributed by atoms with Gasteiger partial charge in [0.05, 0.1) is 18.9 Å². The number of ether oxygens (including phenoxy) is 2. The van der Waals surface area contributed by atoms with Crippen molar-refractivity contribution >= 4 is 11.9 Å². The van der Waals surface area contributed by atoms with Gasteiger partial charge in [-0.15, -0.1) is 0 Å². The lowest BCUT2D eigenvalue weighted by Crippen LogP contribution is -2.23. The quantitative estimate of drug-likeness (QED) is 0.625. The highest BCUT2D eigenvalue weighted by Gasteiger charge is 2.26. The third kappa shape index (κ3) is 3.70. The lowest BCUT2D eigenvalue weighted by atomic mass is 9.88. The second kappa shape index (κ2) is 6.89. The van der Waals surface area contributed by atoms with Gasteiger partial charge in [0.25, 0.3) is 0 Å². The van der Waals surface area contributed by atoms with Crippen LogP contribution >= 0.6 is 0 Å². The van der Waals surface area contributed by atoms with E-state index >= 15 is 0 Å². The van der Waals surface area contributed by atoms with Crippen molar-refractivity contribution in [3.63, 3.8) is 0 Å². The van der Waals surface area contributed by atoms with Gasteiger partial charge in [-0.2, -0.15) is 0 Å². The van der Waals surface area contributed by atoms with E-state index in [1.165, 1.54) is 7.11 Å². The Morgan fingerprint density at radius 1 is 1.05 bits per heavy atom. The largest absolute Gasteiger partial charge is 0.469 e. The molecule has 0 amide bonds. The number of carbonyl (C=O) groups is 2. The summed E-state index contributed by atoms with van der Waals surface area (Å²) in [5.74, 6) is -0.997. The smallest absolute Gasteiger partial charge is 0.313 e. The van der Waals surface area contributed by atoms with E-state index in [-0.39, 0.29) is 30.4 Å². The molecular formula is C16H18O4. The van der Waals surface area contributed by atoms with Gasteiger partial charge in [0.1, 0.15) is 6.61 Å². The molecule has 0 N–H and O–H groups in total. The van der Waals surface area contributed by atoms with Gasteiger partial charge in [-0.1, -0.05) is 42.5 Å². The first-order valence-corrected chi connectivity index (χ1v) is 6.67. The Morgan fingerprint density at radius 2 is 1.65 bits per heavy atom. The molecule has 1 aliphatic rings. The molecule has 20 heavy (non-hydrogen) atoms. The van der Waals surface area contributed by atoms with Crippen molar-refractivity contribution < 1.29 is 19.1 Å². The molecule has 106 valence electrons. The van der Waals surface area contributed by atoms with E-state index in [2.05, 4.69) is 4.74 Å². The second-order valence-corrected chi connectivity index (χ2v) is 4.79. The number of benzene rings is 1. The molecule has 0 spiro atoms. The van der Waals surface area contributed by atoms with Crippen molar-refractivity contribution in [2.45, 2.75) is 19.4 Å². The number of rotatable bonds is 4. The monoisotopic (exact) mass is 274 g/mol. The molecule has 4 heteroatoms. The zero-order chi connectivity index (χ0) is 14.4. The molecule has 0 fully saturated rings. The summed E-state index contributed by atoms with van der Waals surface area (Å²) >= 11 is 0. The zero-order valence-corrected chi connectivity index (χ0v) is 11.5. The van der Waals surface area contributed by atoms with Gasteiger partial charge < -0.3 is 9.47 Å². The number of hydrogen-bond donors (Lipinski definition) is 0. The van der Waals surface area contributed by atoms with Crippen LogP contribution in [0.2, 0.25) is 0 Å². The Bertz CT molecular complexity index is 492. The molecule has 0 heterocycles. The summed E-state index contributed by atoms with van der Waals surface area (Å²) in [6.07, 6.45) is 4.72. The van der Waals surface area contributed by atoms with Gasteiger partial charge in [0.2, 0.25) is 0 Å². The third-order valence-corrected chi connectivity index (χ3v) is 3.40. The van der Waals surface area contributed by atoms with Crippen molar-refractivity contribution in [3.8, 4) is 0 Å². The molecule has 1 aromatic carbocycles. The van der Waals surface area contributed by atoms with Crippen LogP contribution in [0, 0.1) is 11.8 Å². The molecule has 4 nitrogen and oxygen atoms in total. The molecule has 2 rings (SSSR count). The Kier molecular flexibility index (Phi) is 4.93. The zero-order valence-electron chi connectivity index (χ0n) is 11.5. The summed E-state index contributed by atoms with van der Waals surface area (Å²) in [5.41, 5.74) is 0.966. The van der Waals surface area contributed by atoms with Crippen molar-refractivity contribution in [1.82, 2.24) is 0 Å². The molecule has 2 unspecified atom stereocenters. The summed E-state index contributed by atoms with van der Waals surface area (Å²) < 4.78 is 9.97. The lowest BCUT2D eigenvalue weighted by molar-refractivity contribution is -0.150. The number of esters is 2. The van der Waals surface area contributed by atoms with Gasteiger partial charge in [-0.05, 0) is 18.4 Å². The van der Waals surface area contributed by atoms with E-state index in [0.717, 1.165) is 5.56 Å². The van der Waals surface area contributed by atoms with E-state index in [4.69, 9.17) is 4.74 Å². The SMILES string of the molecule is COC(=O)C1C=CC(C(=O)OCc2ccccc2)CC1. The first kappa shape index (κ1) is 14.3. The van der Waals surface area contributed by atoms with Crippen LogP contribution in [-0.4, -0.2) is 19.0 Å². The minimum absolute atomic E-state index is 0.238. The van der Waals surface area contributed by atoms with Crippen LogP contribution in [-0.2, 0) is 25.7 Å². The Morgan fingerprint density at radius 3 is 2.20 bits per heavy atom. The Balaban J connectivity index is 1.84. The maximum absolute atomic E-state index is 11.9. The average molecular weight is 274 g/mol. The van der Waals surface area contributed by atoms with Crippen molar-refractivity contribution in [3.05, 3.63) is 48.0 Å². The van der Waals surface area contributed by atoms with Crippen LogP contribution in [0.25, 0.3) is 0 Å². The van der Waals surface area contributed by atoms with Crippen LogP contribution in [0.4, 0.5) is 0 Å². The van der Waals surface area contributed by atoms with Crippen LogP contribution in [0.1, 0.15) is 18.4 Å². The van der Waals surface area contributed by atoms with Crippen LogP contribution in [0.5, 0.6) is 0 Å². The second-order valence-electron chi connectivity index (χ2n) is 4.79. The van der Waals surface area contributed by atoms with Crippen molar-refractivity contribution in [2.75, 3.05) is 7.11 Å². The van der Waals surface area contributed by atoms with E-state index in [0.29, 0.717) is 12.8 Å². The molecular weight excluding hydrogens is 256 g/mol. The summed E-state index contributed by atoms with van der Waals surface area (Å²) in [6.45, 7) is 0.282. The maximum atomic E-state index is 11.9. The fraction of sp³-hybridized carbons (Fsp3) is 0.375. The van der Waals surface area contributed by atoms with Crippen molar-refractivity contribution in [2.24, 2.45) is 11.8 Å². The topological polar surface area (TPSA) is 52.6 Å². The first-order chi connectivity index (χ1) is 9.70. The van der Waals surface area contributed by atoms with Crippen LogP contribution in [0.15, 0.2) is 42.5 Å². The van der Waals surface area contributed by atoms with E-state index < -0.39 is 0 Å². The molecule has 1 aliphatic carbocycles. The van der Waals surface area contributed by atoms with Crippen molar-refractivity contribution in [1.29, 1.82) is 0 Å². The maximum Gasteiger partial charge on any atom is 0.313 e. The fourth-order valence-corrected chi connectivity index (χ4v) is 2.20. The molecule has 0 saturated heterocycles. The number of methoxy groups -OCH3 is 1. The molecule has 1 aromatic rings. The standard InChI is InChI=1S/C16H18O4/c1-19-15(17)13-7-9-14(10-8-13)16(18)20-11-12-5-3-2-4-6-12/h2-7,9,13-14H,8,10-11H2,1H3. The minimum atomic E-state index is -0.264. The number of carbonyl (C=O) groups excluding carboxylic acids is 2. The lowest BCUT2D eigenvalue weighted by Gasteiger charge is -2.20. The first-order valence-electron chi connectivity index (χ1n) is 6.67. The summed E-state index contributed by atoms with van der Waals surface area (Å²) in [6, 6.07) is 9.56. The van der Waals surface area contributed by atoms with Gasteiger partial charge in [-0.25, -0.2) is 0 Å². The summed E-state index contributed by atoms with van der Waals surface area (Å²) in [7, 11) is 1.37. The Hall–Kier alpha value is -2.10. The number of hydrogen-bond acceptors (Lipinski definition) is 4. The predicted molar refractivity (Wildman–Crippen MR) is 73.6 cm³/mol. The van der Waals surface area contributed by atoms with E-state index in [1.54, 1.807) is 12.2 Å². The summed E-state index contributed by atoms with van der Waals surface area (Å²) in [4.78, 5) is 23.3. The van der Waals surface area contributed by atoms with E-state index in [1.807, 2.05) is 30.3 Å². The molecule has 2 atom stereocenters. The van der Waals surface area contributed by atoms with Gasteiger partial charge in [0, 0.05) is 0 Å². The molecule has 0 aliphatic heterocycles. The average Bonchev–Trinajstić information content (AvgIpc) is 2.53. The highest BCUT2D eigenvalue weighted by Crippen LogP contribution is 2.24.